The van der Waals surface area contributed by atoms with E-state index in [1.807, 2.05) is 13.0 Å². The summed E-state index contributed by atoms with van der Waals surface area (Å²) in [5, 5.41) is 0. The molecular formula is C15H13BrN2O2. The molecule has 4 nitrogen and oxygen atoms in total. The quantitative estimate of drug-likeness (QED) is 0.586. The van der Waals surface area contributed by atoms with Crippen molar-refractivity contribution in [3.8, 4) is 0 Å². The maximum atomic E-state index is 12.6. The van der Waals surface area contributed by atoms with E-state index in [1.54, 1.807) is 6.20 Å². The number of fused-ring (bicyclic) bond motifs is 5. The molecule has 102 valence electrons. The molecule has 2 amide bonds. The van der Waals surface area contributed by atoms with E-state index in [0.717, 1.165) is 16.5 Å². The molecule has 4 unspecified atom stereocenters. The minimum Gasteiger partial charge on any atom is -0.274 e. The van der Waals surface area contributed by atoms with Crippen LogP contribution in [0, 0.1) is 30.6 Å². The first-order valence-electron chi connectivity index (χ1n) is 6.76. The number of amides is 2. The van der Waals surface area contributed by atoms with Gasteiger partial charge in [-0.2, -0.15) is 0 Å². The topological polar surface area (TPSA) is 50.3 Å². The minimum absolute atomic E-state index is 0.0743. The number of carbonyl (C=O) groups is 2. The lowest BCUT2D eigenvalue weighted by Crippen LogP contribution is -2.34. The molecule has 0 aromatic carbocycles. The Balaban J connectivity index is 1.78. The predicted octanol–water partition coefficient (Wildman–Crippen LogP) is 2.46. The van der Waals surface area contributed by atoms with Crippen LogP contribution in [0.4, 0.5) is 5.82 Å². The van der Waals surface area contributed by atoms with Crippen LogP contribution in [0.1, 0.15) is 12.0 Å². The van der Waals surface area contributed by atoms with E-state index < -0.39 is 0 Å². The molecule has 1 saturated heterocycles. The monoisotopic (exact) mass is 332 g/mol. The highest BCUT2D eigenvalue weighted by atomic mass is 79.9. The Morgan fingerprint density at radius 2 is 1.80 bits per heavy atom. The molecule has 1 saturated carbocycles. The summed E-state index contributed by atoms with van der Waals surface area (Å²) in [6.45, 7) is 1.87. The van der Waals surface area contributed by atoms with Crippen LogP contribution in [0.15, 0.2) is 28.9 Å². The van der Waals surface area contributed by atoms with Gasteiger partial charge in [-0.3, -0.25) is 9.59 Å². The normalized spacial score (nSPS) is 34.2. The molecule has 0 spiro atoms. The fraction of sp³-hybridized carbons (Fsp3) is 0.400. The van der Waals surface area contributed by atoms with Crippen molar-refractivity contribution >= 4 is 33.6 Å². The Kier molecular flexibility index (Phi) is 2.46. The van der Waals surface area contributed by atoms with Gasteiger partial charge in [0.1, 0.15) is 5.82 Å². The number of hydrogen-bond acceptors (Lipinski definition) is 3. The van der Waals surface area contributed by atoms with Gasteiger partial charge < -0.3 is 0 Å². The molecule has 5 heteroatoms. The molecule has 0 radical (unpaired) electrons. The second-order valence-electron chi connectivity index (χ2n) is 5.81. The molecule has 4 rings (SSSR count). The van der Waals surface area contributed by atoms with Gasteiger partial charge in [0.15, 0.2) is 0 Å². The van der Waals surface area contributed by atoms with E-state index >= 15 is 0 Å². The third-order valence-electron chi connectivity index (χ3n) is 4.70. The summed E-state index contributed by atoms with van der Waals surface area (Å²) < 4.78 is 0.847. The molecule has 2 bridgehead atoms. The maximum Gasteiger partial charge on any atom is 0.239 e. The van der Waals surface area contributed by atoms with Crippen LogP contribution in [0.3, 0.4) is 0 Å². The lowest BCUT2D eigenvalue weighted by atomic mass is 9.85. The highest BCUT2D eigenvalue weighted by Crippen LogP contribution is 2.53. The number of aryl methyl sites for hydroxylation is 1. The van der Waals surface area contributed by atoms with E-state index in [-0.39, 0.29) is 35.5 Å². The first kappa shape index (κ1) is 12.3. The molecule has 20 heavy (non-hydrogen) atoms. The van der Waals surface area contributed by atoms with Gasteiger partial charge in [0, 0.05) is 10.7 Å². The lowest BCUT2D eigenvalue weighted by Gasteiger charge is -2.18. The van der Waals surface area contributed by atoms with Gasteiger partial charge in [-0.15, -0.1) is 0 Å². The van der Waals surface area contributed by atoms with Gasteiger partial charge in [-0.05, 0) is 52.7 Å². The van der Waals surface area contributed by atoms with Crippen molar-refractivity contribution in [3.05, 3.63) is 34.5 Å². The van der Waals surface area contributed by atoms with Gasteiger partial charge in [-0.1, -0.05) is 12.2 Å². The second kappa shape index (κ2) is 4.01. The third-order valence-corrected chi connectivity index (χ3v) is 5.13. The zero-order valence-electron chi connectivity index (χ0n) is 10.9. The molecule has 2 aliphatic carbocycles. The molecule has 0 N–H and O–H groups in total. The lowest BCUT2D eigenvalue weighted by molar-refractivity contribution is -0.123. The Labute approximate surface area is 125 Å². The van der Waals surface area contributed by atoms with E-state index in [9.17, 15) is 9.59 Å². The summed E-state index contributed by atoms with van der Waals surface area (Å²) in [7, 11) is 0. The number of nitrogens with zero attached hydrogens (tertiary/aromatic N) is 2. The smallest absolute Gasteiger partial charge is 0.239 e. The van der Waals surface area contributed by atoms with E-state index in [0.29, 0.717) is 5.82 Å². The minimum atomic E-state index is -0.164. The van der Waals surface area contributed by atoms with Gasteiger partial charge in [0.25, 0.3) is 0 Å². The predicted molar refractivity (Wildman–Crippen MR) is 76.9 cm³/mol. The van der Waals surface area contributed by atoms with Gasteiger partial charge in [-0.25, -0.2) is 9.88 Å². The van der Waals surface area contributed by atoms with Crippen molar-refractivity contribution in [1.82, 2.24) is 4.98 Å². The number of rotatable bonds is 1. The van der Waals surface area contributed by atoms with Gasteiger partial charge >= 0.3 is 0 Å². The average Bonchev–Trinajstić information content (AvgIpc) is 3.06. The van der Waals surface area contributed by atoms with Crippen LogP contribution >= 0.6 is 15.9 Å². The van der Waals surface area contributed by atoms with Gasteiger partial charge in [0.2, 0.25) is 11.8 Å². The summed E-state index contributed by atoms with van der Waals surface area (Å²) in [6.07, 6.45) is 6.78. The van der Waals surface area contributed by atoms with E-state index in [2.05, 4.69) is 33.1 Å². The van der Waals surface area contributed by atoms with Crippen LogP contribution in [0.2, 0.25) is 0 Å². The molecular weight excluding hydrogens is 320 g/mol. The maximum absolute atomic E-state index is 12.6. The molecule has 1 aromatic rings. The molecule has 4 atom stereocenters. The summed E-state index contributed by atoms with van der Waals surface area (Å²) >= 11 is 3.35. The molecule has 2 fully saturated rings. The number of allylic oxidation sites excluding steroid dienone is 2. The number of hydrogen-bond donors (Lipinski definition) is 0. The van der Waals surface area contributed by atoms with Crippen LogP contribution in [-0.4, -0.2) is 16.8 Å². The van der Waals surface area contributed by atoms with Crippen molar-refractivity contribution in [1.29, 1.82) is 0 Å². The van der Waals surface area contributed by atoms with Crippen molar-refractivity contribution < 1.29 is 9.59 Å². The zero-order chi connectivity index (χ0) is 14.0. The number of aromatic nitrogens is 1. The standard InChI is InChI=1S/C15H13BrN2O2/c1-7-4-10(16)6-17-13(7)18-14(19)11-8-2-3-9(5-8)12(11)15(18)20/h2-4,6,8-9,11-12H,5H2,1H3. The van der Waals surface area contributed by atoms with Crippen LogP contribution in [0.25, 0.3) is 0 Å². The Hall–Kier alpha value is -1.49. The van der Waals surface area contributed by atoms with Crippen LogP contribution in [-0.2, 0) is 9.59 Å². The zero-order valence-corrected chi connectivity index (χ0v) is 12.5. The highest BCUT2D eigenvalue weighted by molar-refractivity contribution is 9.10. The number of carbonyl (C=O) groups excluding carboxylic acids is 2. The Bertz CT molecular complexity index is 640. The fourth-order valence-corrected chi connectivity index (χ4v) is 4.32. The third kappa shape index (κ3) is 1.44. The average molecular weight is 333 g/mol. The Morgan fingerprint density at radius 3 is 2.35 bits per heavy atom. The van der Waals surface area contributed by atoms with Crippen molar-refractivity contribution in [2.75, 3.05) is 4.90 Å². The second-order valence-corrected chi connectivity index (χ2v) is 6.72. The molecule has 3 aliphatic rings. The fourth-order valence-electron chi connectivity index (χ4n) is 3.88. The SMILES string of the molecule is Cc1cc(Br)cnc1N1C(=O)C2C3C=CC(C3)C2C1=O. The van der Waals surface area contributed by atoms with Crippen molar-refractivity contribution in [2.45, 2.75) is 13.3 Å². The van der Waals surface area contributed by atoms with Crippen LogP contribution in [0.5, 0.6) is 0 Å². The number of pyridine rings is 1. The summed E-state index contributed by atoms with van der Waals surface area (Å²) in [5.41, 5.74) is 0.835. The number of halogens is 1. The van der Waals surface area contributed by atoms with Gasteiger partial charge in [0.05, 0.1) is 11.8 Å². The largest absolute Gasteiger partial charge is 0.274 e. The molecule has 1 aliphatic heterocycles. The Morgan fingerprint density at radius 1 is 1.20 bits per heavy atom. The number of anilines is 1. The summed E-state index contributed by atoms with van der Waals surface area (Å²) in [6, 6.07) is 1.88. The van der Waals surface area contributed by atoms with Crippen LogP contribution < -0.4 is 4.90 Å². The summed E-state index contributed by atoms with van der Waals surface area (Å²) in [5.74, 6) is 0.482. The molecule has 1 aromatic heterocycles. The highest BCUT2D eigenvalue weighted by Gasteiger charge is 2.60. The number of imide groups is 1. The first-order chi connectivity index (χ1) is 9.58. The van der Waals surface area contributed by atoms with E-state index in [1.165, 1.54) is 4.90 Å². The van der Waals surface area contributed by atoms with E-state index in [4.69, 9.17) is 0 Å². The van der Waals surface area contributed by atoms with Crippen molar-refractivity contribution in [2.24, 2.45) is 23.7 Å². The van der Waals surface area contributed by atoms with Crippen molar-refractivity contribution in [3.63, 3.8) is 0 Å². The first-order valence-corrected chi connectivity index (χ1v) is 7.55. The summed E-state index contributed by atoms with van der Waals surface area (Å²) in [4.78, 5) is 30.9. The molecule has 2 heterocycles.